The van der Waals surface area contributed by atoms with Crippen molar-refractivity contribution in [1.29, 1.82) is 0 Å². The third-order valence-corrected chi connectivity index (χ3v) is 4.50. The van der Waals surface area contributed by atoms with Crippen molar-refractivity contribution < 1.29 is 18.7 Å². The van der Waals surface area contributed by atoms with Crippen LogP contribution in [0.15, 0.2) is 53.4 Å². The van der Waals surface area contributed by atoms with Gasteiger partial charge in [-0.3, -0.25) is 20.4 Å². The Bertz CT molecular complexity index is 741. The summed E-state index contributed by atoms with van der Waals surface area (Å²) in [6.07, 6.45) is -0.606. The van der Waals surface area contributed by atoms with Crippen molar-refractivity contribution >= 4 is 35.2 Å². The van der Waals surface area contributed by atoms with E-state index in [1.54, 1.807) is 12.1 Å². The van der Waals surface area contributed by atoms with Crippen molar-refractivity contribution in [2.45, 2.75) is 24.3 Å². The summed E-state index contributed by atoms with van der Waals surface area (Å²) in [7, 11) is 0. The van der Waals surface area contributed by atoms with Gasteiger partial charge in [0.1, 0.15) is 11.6 Å². The maximum Gasteiger partial charge on any atom is 0.279 e. The highest BCUT2D eigenvalue weighted by molar-refractivity contribution is 7.99. The van der Waals surface area contributed by atoms with Gasteiger partial charge in [-0.2, -0.15) is 0 Å². The van der Waals surface area contributed by atoms with Gasteiger partial charge in [0.25, 0.3) is 5.91 Å². The van der Waals surface area contributed by atoms with Crippen LogP contribution < -0.4 is 15.6 Å². The van der Waals surface area contributed by atoms with Gasteiger partial charge in [0.2, 0.25) is 5.91 Å². The lowest BCUT2D eigenvalue weighted by Crippen LogP contribution is -2.47. The third-order valence-electron chi connectivity index (χ3n) is 3.23. The Hall–Kier alpha value is -2.25. The maximum atomic E-state index is 12.8. The molecule has 0 saturated heterocycles. The highest BCUT2D eigenvalue weighted by Crippen LogP contribution is 2.20. The second kappa shape index (κ2) is 10.0. The number of rotatable bonds is 7. The molecular formula is C18H18ClFN2O3S. The predicted octanol–water partition coefficient (Wildman–Crippen LogP) is 3.58. The van der Waals surface area contributed by atoms with Crippen LogP contribution in [-0.2, 0) is 9.59 Å². The zero-order valence-corrected chi connectivity index (χ0v) is 15.6. The van der Waals surface area contributed by atoms with Crippen molar-refractivity contribution in [3.63, 3.8) is 0 Å². The van der Waals surface area contributed by atoms with Crippen LogP contribution in [0.5, 0.6) is 5.75 Å². The van der Waals surface area contributed by atoms with Crippen LogP contribution in [0.3, 0.4) is 0 Å². The molecule has 0 aliphatic rings. The Morgan fingerprint density at radius 2 is 1.77 bits per heavy atom. The molecule has 2 amide bonds. The molecule has 0 aromatic heterocycles. The minimum absolute atomic E-state index is 0.237. The molecule has 0 saturated carbocycles. The van der Waals surface area contributed by atoms with Gasteiger partial charge >= 0.3 is 0 Å². The van der Waals surface area contributed by atoms with Crippen LogP contribution in [-0.4, -0.2) is 23.7 Å². The summed E-state index contributed by atoms with van der Waals surface area (Å²) < 4.78 is 18.2. The van der Waals surface area contributed by atoms with Crippen molar-refractivity contribution in [2.75, 3.05) is 5.75 Å². The molecule has 1 unspecified atom stereocenters. The van der Waals surface area contributed by atoms with Crippen LogP contribution in [0.25, 0.3) is 0 Å². The molecule has 0 heterocycles. The average molecular weight is 397 g/mol. The number of halogens is 2. The van der Waals surface area contributed by atoms with Gasteiger partial charge < -0.3 is 4.74 Å². The number of hydrogen-bond acceptors (Lipinski definition) is 4. The quantitative estimate of drug-likeness (QED) is 0.554. The zero-order valence-electron chi connectivity index (χ0n) is 14.0. The van der Waals surface area contributed by atoms with Crippen molar-refractivity contribution in [3.8, 4) is 5.75 Å². The molecule has 2 N–H and O–H groups in total. The van der Waals surface area contributed by atoms with Crippen molar-refractivity contribution in [3.05, 3.63) is 59.4 Å². The van der Waals surface area contributed by atoms with Crippen LogP contribution in [0.1, 0.15) is 13.3 Å². The second-order valence-electron chi connectivity index (χ2n) is 5.30. The summed E-state index contributed by atoms with van der Waals surface area (Å²) in [5.41, 5.74) is 4.65. The summed E-state index contributed by atoms with van der Waals surface area (Å²) in [5, 5.41) is 0.659. The molecule has 8 heteroatoms. The van der Waals surface area contributed by atoms with Crippen molar-refractivity contribution in [2.24, 2.45) is 0 Å². The van der Waals surface area contributed by atoms with Gasteiger partial charge in [0, 0.05) is 22.1 Å². The Kier molecular flexibility index (Phi) is 7.74. The Balaban J connectivity index is 1.66. The topological polar surface area (TPSA) is 67.4 Å². The van der Waals surface area contributed by atoms with Gasteiger partial charge in [-0.1, -0.05) is 11.6 Å². The van der Waals surface area contributed by atoms with Gasteiger partial charge in [-0.15, -0.1) is 11.8 Å². The number of amides is 2. The number of thioether (sulfide) groups is 1. The number of carbonyl (C=O) groups is 2. The Morgan fingerprint density at radius 1 is 1.12 bits per heavy atom. The van der Waals surface area contributed by atoms with E-state index in [0.717, 1.165) is 4.90 Å². The lowest BCUT2D eigenvalue weighted by atomic mass is 10.3. The molecule has 138 valence electrons. The molecule has 1 atom stereocenters. The molecule has 0 fully saturated rings. The van der Waals surface area contributed by atoms with Gasteiger partial charge in [-0.25, -0.2) is 4.39 Å². The molecule has 0 spiro atoms. The number of ether oxygens (including phenoxy) is 1. The van der Waals surface area contributed by atoms with Crippen LogP contribution >= 0.6 is 23.4 Å². The summed E-state index contributed by atoms with van der Waals surface area (Å²) >= 11 is 7.32. The summed E-state index contributed by atoms with van der Waals surface area (Å²) in [6.45, 7) is 1.53. The average Bonchev–Trinajstić information content (AvgIpc) is 2.63. The minimum Gasteiger partial charge on any atom is -0.481 e. The van der Waals surface area contributed by atoms with Crippen LogP contribution in [0, 0.1) is 5.82 Å². The minimum atomic E-state index is -0.843. The summed E-state index contributed by atoms with van der Waals surface area (Å²) in [4.78, 5) is 24.7. The SMILES string of the molecule is CC(Oc1ccc(F)cc1)C(=O)NNC(=O)CCSc1ccc(Cl)cc1. The third kappa shape index (κ3) is 6.93. The molecule has 0 radical (unpaired) electrons. The normalized spacial score (nSPS) is 11.5. The number of hydrazine groups is 1. The highest BCUT2D eigenvalue weighted by Gasteiger charge is 2.15. The Labute approximate surface area is 160 Å². The van der Waals surface area contributed by atoms with E-state index in [1.165, 1.54) is 43.0 Å². The first-order valence-electron chi connectivity index (χ1n) is 7.83. The highest BCUT2D eigenvalue weighted by atomic mass is 35.5. The van der Waals surface area contributed by atoms with E-state index < -0.39 is 17.8 Å². The van der Waals surface area contributed by atoms with Crippen LogP contribution in [0.2, 0.25) is 5.02 Å². The number of carbonyl (C=O) groups excluding carboxylic acids is 2. The Morgan fingerprint density at radius 3 is 2.42 bits per heavy atom. The number of hydrogen-bond donors (Lipinski definition) is 2. The van der Waals surface area contributed by atoms with Gasteiger partial charge in [0.15, 0.2) is 6.10 Å². The molecule has 2 rings (SSSR count). The second-order valence-corrected chi connectivity index (χ2v) is 6.91. The van der Waals surface area contributed by atoms with E-state index in [4.69, 9.17) is 16.3 Å². The summed E-state index contributed by atoms with van der Waals surface area (Å²) in [6, 6.07) is 12.6. The molecule has 0 aliphatic heterocycles. The monoisotopic (exact) mass is 396 g/mol. The molecule has 2 aromatic rings. The van der Waals surface area contributed by atoms with E-state index in [0.29, 0.717) is 16.5 Å². The van der Waals surface area contributed by atoms with Crippen molar-refractivity contribution in [1.82, 2.24) is 10.9 Å². The lowest BCUT2D eigenvalue weighted by molar-refractivity contribution is -0.132. The molecule has 2 aromatic carbocycles. The van der Waals surface area contributed by atoms with Gasteiger partial charge in [-0.05, 0) is 55.5 Å². The first kappa shape index (κ1) is 20.1. The molecule has 0 aliphatic carbocycles. The molecular weight excluding hydrogens is 379 g/mol. The fourth-order valence-electron chi connectivity index (χ4n) is 1.86. The van der Waals surface area contributed by atoms with E-state index in [1.807, 2.05) is 12.1 Å². The molecule has 0 bridgehead atoms. The van der Waals surface area contributed by atoms with E-state index in [9.17, 15) is 14.0 Å². The maximum absolute atomic E-state index is 12.8. The van der Waals surface area contributed by atoms with E-state index in [2.05, 4.69) is 10.9 Å². The fraction of sp³-hybridized carbons (Fsp3) is 0.222. The van der Waals surface area contributed by atoms with Crippen LogP contribution in [0.4, 0.5) is 4.39 Å². The number of benzene rings is 2. The fourth-order valence-corrected chi connectivity index (χ4v) is 2.84. The first-order chi connectivity index (χ1) is 12.4. The molecule has 5 nitrogen and oxygen atoms in total. The largest absolute Gasteiger partial charge is 0.481 e. The summed E-state index contributed by atoms with van der Waals surface area (Å²) in [5.74, 6) is -0.287. The predicted molar refractivity (Wildman–Crippen MR) is 99.6 cm³/mol. The first-order valence-corrected chi connectivity index (χ1v) is 9.19. The van der Waals surface area contributed by atoms with E-state index >= 15 is 0 Å². The standard InChI is InChI=1S/C18H18ClFN2O3S/c1-12(25-15-6-4-14(20)5-7-15)18(24)22-21-17(23)10-11-26-16-8-2-13(19)3-9-16/h2-9,12H,10-11H2,1H3,(H,21,23)(H,22,24). The van der Waals surface area contributed by atoms with Gasteiger partial charge in [0.05, 0.1) is 0 Å². The van der Waals surface area contributed by atoms with E-state index in [-0.39, 0.29) is 12.3 Å². The smallest absolute Gasteiger partial charge is 0.279 e. The zero-order chi connectivity index (χ0) is 18.9. The lowest BCUT2D eigenvalue weighted by Gasteiger charge is -2.15. The molecule has 26 heavy (non-hydrogen) atoms. The number of nitrogens with one attached hydrogen (secondary N) is 2.